The lowest BCUT2D eigenvalue weighted by Crippen LogP contribution is -2.46. The molecule has 12 heteroatoms. The van der Waals surface area contributed by atoms with Crippen LogP contribution in [0.2, 0.25) is 5.02 Å². The van der Waals surface area contributed by atoms with E-state index in [1.807, 2.05) is 6.92 Å². The van der Waals surface area contributed by atoms with Gasteiger partial charge in [-0.2, -0.15) is 0 Å². The van der Waals surface area contributed by atoms with Gasteiger partial charge in [0.05, 0.1) is 29.6 Å². The maximum Gasteiger partial charge on any atom is 0.417 e. The Kier molecular flexibility index (Phi) is 10.0. The van der Waals surface area contributed by atoms with Crippen molar-refractivity contribution >= 4 is 41.0 Å². The van der Waals surface area contributed by atoms with Gasteiger partial charge in [-0.3, -0.25) is 5.32 Å². The van der Waals surface area contributed by atoms with E-state index in [1.54, 1.807) is 37.3 Å². The fourth-order valence-electron chi connectivity index (χ4n) is 3.38. The van der Waals surface area contributed by atoms with E-state index in [0.29, 0.717) is 6.42 Å². The average Bonchev–Trinajstić information content (AvgIpc) is 3.33. The number of oxime groups is 1. The molecule has 0 aromatic heterocycles. The minimum absolute atomic E-state index is 0.0367. The van der Waals surface area contributed by atoms with Gasteiger partial charge in [0.25, 0.3) is 5.60 Å². The number of carbonyl (C=O) groups is 3. The average molecular weight is 551 g/mol. The number of anilines is 1. The number of para-hydroxylation sites is 1. The van der Waals surface area contributed by atoms with Crippen molar-refractivity contribution in [1.29, 1.82) is 0 Å². The highest BCUT2D eigenvalue weighted by Crippen LogP contribution is 2.34. The first-order valence-electron chi connectivity index (χ1n) is 11.9. The van der Waals surface area contributed by atoms with Gasteiger partial charge in [-0.05, 0) is 44.5 Å². The third-order valence-corrected chi connectivity index (χ3v) is 5.65. The van der Waals surface area contributed by atoms with Gasteiger partial charge in [-0.1, -0.05) is 41.9 Å². The number of amides is 1. The van der Waals surface area contributed by atoms with Crippen molar-refractivity contribution in [2.24, 2.45) is 5.16 Å². The predicted octanol–water partition coefficient (Wildman–Crippen LogP) is 4.87. The van der Waals surface area contributed by atoms with Crippen LogP contribution in [0.4, 0.5) is 14.9 Å². The molecule has 2 aromatic rings. The number of hydrogen-bond acceptors (Lipinski definition) is 9. The van der Waals surface area contributed by atoms with E-state index in [0.717, 1.165) is 6.07 Å². The smallest absolute Gasteiger partial charge is 0.417 e. The molecule has 0 saturated carbocycles. The Morgan fingerprint density at radius 2 is 1.92 bits per heavy atom. The Morgan fingerprint density at radius 3 is 2.61 bits per heavy atom. The first-order chi connectivity index (χ1) is 18.2. The molecule has 0 saturated heterocycles. The second-order valence-corrected chi connectivity index (χ2v) is 8.69. The monoisotopic (exact) mass is 550 g/mol. The Morgan fingerprint density at radius 1 is 1.18 bits per heavy atom. The van der Waals surface area contributed by atoms with Crippen LogP contribution in [0.15, 0.2) is 47.6 Å². The quantitative estimate of drug-likeness (QED) is 0.393. The molecule has 0 spiro atoms. The van der Waals surface area contributed by atoms with Crippen LogP contribution in [0.3, 0.4) is 0 Å². The van der Waals surface area contributed by atoms with Crippen molar-refractivity contribution in [2.75, 3.05) is 25.1 Å². The number of hydrogen-bond donors (Lipinski definition) is 1. The molecule has 0 fully saturated rings. The van der Waals surface area contributed by atoms with Gasteiger partial charge >= 0.3 is 18.0 Å². The molecular weight excluding hydrogens is 523 g/mol. The molecule has 1 aliphatic heterocycles. The van der Waals surface area contributed by atoms with Gasteiger partial charge in [0.15, 0.2) is 6.10 Å². The number of carbonyl (C=O) groups excluding carboxylic acids is 3. The normalized spacial score (nSPS) is 17.1. The fourth-order valence-corrected chi connectivity index (χ4v) is 3.64. The lowest BCUT2D eigenvalue weighted by atomic mass is 9.94. The molecule has 38 heavy (non-hydrogen) atoms. The molecule has 3 rings (SSSR count). The summed E-state index contributed by atoms with van der Waals surface area (Å²) in [7, 11) is 0. The molecule has 2 atom stereocenters. The second-order valence-electron chi connectivity index (χ2n) is 8.28. The highest BCUT2D eigenvalue weighted by molar-refractivity contribution is 6.34. The van der Waals surface area contributed by atoms with Crippen molar-refractivity contribution in [3.05, 3.63) is 58.9 Å². The molecule has 2 aromatic carbocycles. The zero-order valence-corrected chi connectivity index (χ0v) is 21.9. The standard InChI is InChI=1S/C26H28ClFN2O8/c1-4-11-35-24(32)26(15-36-16(3)23(31)34-5-2)14-22(30-38-26)18-12-21(20(28)13-19(18)27)29-25(33)37-17-9-7-6-8-10-17/h6-10,12-13,16H,4-5,11,14-15H2,1-3H3,(H,29,33). The van der Waals surface area contributed by atoms with E-state index in [2.05, 4.69) is 10.5 Å². The van der Waals surface area contributed by atoms with Crippen LogP contribution in [-0.2, 0) is 28.6 Å². The summed E-state index contributed by atoms with van der Waals surface area (Å²) < 4.78 is 35.5. The largest absolute Gasteiger partial charge is 0.464 e. The molecule has 204 valence electrons. The Hall–Kier alpha value is -3.70. The van der Waals surface area contributed by atoms with E-state index in [1.165, 1.54) is 13.0 Å². The third kappa shape index (κ3) is 7.20. The molecule has 1 aliphatic rings. The molecular formula is C26H28ClFN2O8. The molecule has 2 unspecified atom stereocenters. The van der Waals surface area contributed by atoms with Gasteiger partial charge < -0.3 is 23.8 Å². The first kappa shape index (κ1) is 28.9. The summed E-state index contributed by atoms with van der Waals surface area (Å²) in [6.07, 6.45) is -1.51. The van der Waals surface area contributed by atoms with Crippen LogP contribution in [0.25, 0.3) is 0 Å². The lowest BCUT2D eigenvalue weighted by molar-refractivity contribution is -0.184. The van der Waals surface area contributed by atoms with Gasteiger partial charge in [0.2, 0.25) is 0 Å². The summed E-state index contributed by atoms with van der Waals surface area (Å²) >= 11 is 6.28. The predicted molar refractivity (Wildman–Crippen MR) is 136 cm³/mol. The summed E-state index contributed by atoms with van der Waals surface area (Å²) in [5.74, 6) is -1.91. The highest BCUT2D eigenvalue weighted by atomic mass is 35.5. The number of nitrogens with zero attached hydrogens (tertiary/aromatic N) is 1. The summed E-state index contributed by atoms with van der Waals surface area (Å²) in [5, 5.41) is 6.29. The van der Waals surface area contributed by atoms with Crippen molar-refractivity contribution in [3.8, 4) is 5.75 Å². The summed E-state index contributed by atoms with van der Waals surface area (Å²) in [6, 6.07) is 10.5. The molecule has 10 nitrogen and oxygen atoms in total. The summed E-state index contributed by atoms with van der Waals surface area (Å²) in [6.45, 7) is 4.87. The number of nitrogens with one attached hydrogen (secondary N) is 1. The van der Waals surface area contributed by atoms with Gasteiger partial charge in [-0.15, -0.1) is 0 Å². The second kappa shape index (κ2) is 13.2. The third-order valence-electron chi connectivity index (χ3n) is 5.34. The SMILES string of the molecule is CCCOC(=O)C1(COC(C)C(=O)OCC)CC(c2cc(NC(=O)Oc3ccccc3)c(F)cc2Cl)=NO1. The Balaban J connectivity index is 1.79. The summed E-state index contributed by atoms with van der Waals surface area (Å²) in [4.78, 5) is 42.7. The lowest BCUT2D eigenvalue weighted by Gasteiger charge is -2.25. The van der Waals surface area contributed by atoms with E-state index in [4.69, 9.17) is 35.4 Å². The van der Waals surface area contributed by atoms with Crippen LogP contribution in [0.5, 0.6) is 5.75 Å². The molecule has 1 amide bonds. The van der Waals surface area contributed by atoms with Crippen molar-refractivity contribution < 1.29 is 42.6 Å². The molecule has 0 bridgehead atoms. The van der Waals surface area contributed by atoms with Crippen LogP contribution in [0, 0.1) is 5.82 Å². The number of rotatable bonds is 11. The maximum atomic E-state index is 14.6. The summed E-state index contributed by atoms with van der Waals surface area (Å²) in [5.41, 5.74) is -1.57. The van der Waals surface area contributed by atoms with E-state index < -0.39 is 35.6 Å². The van der Waals surface area contributed by atoms with Crippen molar-refractivity contribution in [3.63, 3.8) is 0 Å². The van der Waals surface area contributed by atoms with Crippen LogP contribution in [-0.4, -0.2) is 55.3 Å². The minimum Gasteiger partial charge on any atom is -0.464 e. The van der Waals surface area contributed by atoms with E-state index >= 15 is 0 Å². The Labute approximate surface area is 224 Å². The minimum atomic E-state index is -1.72. The van der Waals surface area contributed by atoms with Gasteiger partial charge in [0, 0.05) is 12.0 Å². The topological polar surface area (TPSA) is 122 Å². The van der Waals surface area contributed by atoms with Crippen LogP contribution >= 0.6 is 11.6 Å². The number of esters is 2. The molecule has 1 heterocycles. The number of halogens is 2. The van der Waals surface area contributed by atoms with Crippen LogP contribution in [0.1, 0.15) is 39.2 Å². The maximum absolute atomic E-state index is 14.6. The first-order valence-corrected chi connectivity index (χ1v) is 12.3. The van der Waals surface area contributed by atoms with Crippen molar-refractivity contribution in [2.45, 2.75) is 45.3 Å². The Bertz CT molecular complexity index is 1190. The molecule has 0 radical (unpaired) electrons. The van der Waals surface area contributed by atoms with E-state index in [-0.39, 0.29) is 54.0 Å². The van der Waals surface area contributed by atoms with Crippen molar-refractivity contribution in [1.82, 2.24) is 0 Å². The fraction of sp³-hybridized carbons (Fsp3) is 0.385. The number of ether oxygens (including phenoxy) is 4. The zero-order valence-electron chi connectivity index (χ0n) is 21.1. The molecule has 1 N–H and O–H groups in total. The zero-order chi connectivity index (χ0) is 27.7. The van der Waals surface area contributed by atoms with Crippen LogP contribution < -0.4 is 10.1 Å². The van der Waals surface area contributed by atoms with E-state index in [9.17, 15) is 18.8 Å². The highest BCUT2D eigenvalue weighted by Gasteiger charge is 2.50. The number of benzene rings is 2. The molecule has 0 aliphatic carbocycles. The van der Waals surface area contributed by atoms with Gasteiger partial charge in [0.1, 0.15) is 18.2 Å². The van der Waals surface area contributed by atoms with Gasteiger partial charge in [-0.25, -0.2) is 18.8 Å².